The monoisotopic (exact) mass is 372 g/mol. The minimum absolute atomic E-state index is 0.139. The molecular formula is C22H20N4O2. The maximum atomic E-state index is 12.6. The minimum atomic E-state index is -0.139. The predicted octanol–water partition coefficient (Wildman–Crippen LogP) is 4.30. The molecule has 6 nitrogen and oxygen atoms in total. The van der Waals surface area contributed by atoms with Gasteiger partial charge in [-0.15, -0.1) is 10.2 Å². The molecule has 1 N–H and O–H groups in total. The van der Waals surface area contributed by atoms with Crippen molar-refractivity contribution >= 4 is 22.6 Å². The summed E-state index contributed by atoms with van der Waals surface area (Å²) in [6.07, 6.45) is 0. The van der Waals surface area contributed by atoms with Crippen molar-refractivity contribution in [3.8, 4) is 11.4 Å². The number of fused-ring (bicyclic) bond motifs is 1. The van der Waals surface area contributed by atoms with Crippen LogP contribution in [-0.2, 0) is 0 Å². The summed E-state index contributed by atoms with van der Waals surface area (Å²) >= 11 is 0. The lowest BCUT2D eigenvalue weighted by atomic mass is 10.1. The van der Waals surface area contributed by atoms with Gasteiger partial charge in [-0.25, -0.2) is 0 Å². The second kappa shape index (κ2) is 7.15. The van der Waals surface area contributed by atoms with Gasteiger partial charge in [0.2, 0.25) is 0 Å². The number of nitrogens with zero attached hydrogens (tertiary/aromatic N) is 3. The van der Waals surface area contributed by atoms with Crippen LogP contribution in [0.25, 0.3) is 16.7 Å². The van der Waals surface area contributed by atoms with Gasteiger partial charge in [-0.2, -0.15) is 4.80 Å². The first-order valence-electron chi connectivity index (χ1n) is 8.93. The Balaban J connectivity index is 1.59. The third kappa shape index (κ3) is 3.44. The highest BCUT2D eigenvalue weighted by atomic mass is 16.5. The Labute approximate surface area is 162 Å². The normalized spacial score (nSPS) is 10.8. The molecule has 4 aromatic rings. The smallest absolute Gasteiger partial charge is 0.255 e. The van der Waals surface area contributed by atoms with E-state index in [4.69, 9.17) is 4.74 Å². The van der Waals surface area contributed by atoms with Gasteiger partial charge in [0.15, 0.2) is 0 Å². The molecule has 0 spiro atoms. The molecule has 0 aliphatic heterocycles. The first kappa shape index (κ1) is 17.7. The number of hydrogen-bond acceptors (Lipinski definition) is 4. The molecule has 1 amide bonds. The van der Waals surface area contributed by atoms with Gasteiger partial charge in [-0.05, 0) is 67.9 Å². The van der Waals surface area contributed by atoms with E-state index in [9.17, 15) is 4.79 Å². The summed E-state index contributed by atoms with van der Waals surface area (Å²) in [7, 11) is 1.63. The van der Waals surface area contributed by atoms with Crippen LogP contribution in [0.2, 0.25) is 0 Å². The molecule has 4 rings (SSSR count). The highest BCUT2D eigenvalue weighted by molar-refractivity contribution is 6.05. The standard InChI is InChI=1S/C22H20N4O2/c1-14-4-10-19(15(2)12-14)22(27)23-16-5-11-20-21(13-16)25-26(24-20)17-6-8-18(28-3)9-7-17/h4-13H,1-3H3,(H,23,27). The number of aromatic nitrogens is 3. The molecule has 0 saturated carbocycles. The molecule has 0 aliphatic carbocycles. The third-order valence-electron chi connectivity index (χ3n) is 4.57. The predicted molar refractivity (Wildman–Crippen MR) is 109 cm³/mol. The van der Waals surface area contributed by atoms with Gasteiger partial charge in [0.05, 0.1) is 12.8 Å². The zero-order valence-corrected chi connectivity index (χ0v) is 15.9. The first-order valence-corrected chi connectivity index (χ1v) is 8.93. The van der Waals surface area contributed by atoms with Crippen LogP contribution in [0.4, 0.5) is 5.69 Å². The summed E-state index contributed by atoms with van der Waals surface area (Å²) in [6.45, 7) is 3.94. The maximum absolute atomic E-state index is 12.6. The largest absolute Gasteiger partial charge is 0.497 e. The Kier molecular flexibility index (Phi) is 4.53. The summed E-state index contributed by atoms with van der Waals surface area (Å²) in [5.41, 5.74) is 5.70. The summed E-state index contributed by atoms with van der Waals surface area (Å²) in [4.78, 5) is 14.2. The fourth-order valence-corrected chi connectivity index (χ4v) is 3.09. The Hall–Kier alpha value is -3.67. The average molecular weight is 372 g/mol. The number of rotatable bonds is 4. The van der Waals surface area contributed by atoms with Gasteiger partial charge < -0.3 is 10.1 Å². The molecule has 0 unspecified atom stereocenters. The fraction of sp³-hybridized carbons (Fsp3) is 0.136. The molecule has 140 valence electrons. The van der Waals surface area contributed by atoms with Crippen LogP contribution in [0, 0.1) is 13.8 Å². The van der Waals surface area contributed by atoms with E-state index in [2.05, 4.69) is 15.5 Å². The summed E-state index contributed by atoms with van der Waals surface area (Å²) in [5, 5.41) is 12.0. The number of carbonyl (C=O) groups excluding carboxylic acids is 1. The van der Waals surface area contributed by atoms with Crippen LogP contribution in [0.15, 0.2) is 60.7 Å². The van der Waals surface area contributed by atoms with Crippen LogP contribution in [0.1, 0.15) is 21.5 Å². The number of ether oxygens (including phenoxy) is 1. The van der Waals surface area contributed by atoms with E-state index < -0.39 is 0 Å². The van der Waals surface area contributed by atoms with Crippen molar-refractivity contribution in [1.82, 2.24) is 15.0 Å². The van der Waals surface area contributed by atoms with Crippen LogP contribution in [0.3, 0.4) is 0 Å². The quantitative estimate of drug-likeness (QED) is 0.580. The lowest BCUT2D eigenvalue weighted by molar-refractivity contribution is 0.102. The minimum Gasteiger partial charge on any atom is -0.497 e. The lowest BCUT2D eigenvalue weighted by Crippen LogP contribution is -2.13. The molecule has 3 aromatic carbocycles. The fourth-order valence-electron chi connectivity index (χ4n) is 3.09. The molecule has 0 fully saturated rings. The zero-order valence-electron chi connectivity index (χ0n) is 15.9. The van der Waals surface area contributed by atoms with Gasteiger partial charge in [0, 0.05) is 11.3 Å². The molecule has 1 heterocycles. The van der Waals surface area contributed by atoms with Crippen LogP contribution in [-0.4, -0.2) is 28.0 Å². The van der Waals surface area contributed by atoms with E-state index in [0.717, 1.165) is 28.1 Å². The Bertz CT molecular complexity index is 1160. The number of nitrogens with one attached hydrogen (secondary N) is 1. The number of hydrogen-bond donors (Lipinski definition) is 1. The van der Waals surface area contributed by atoms with Crippen molar-refractivity contribution in [3.63, 3.8) is 0 Å². The van der Waals surface area contributed by atoms with Crippen molar-refractivity contribution in [2.75, 3.05) is 12.4 Å². The van der Waals surface area contributed by atoms with Gasteiger partial charge in [-0.3, -0.25) is 4.79 Å². The number of amides is 1. The maximum Gasteiger partial charge on any atom is 0.255 e. The number of aryl methyl sites for hydroxylation is 2. The van der Waals surface area contributed by atoms with Gasteiger partial charge in [-0.1, -0.05) is 17.7 Å². The number of methoxy groups -OCH3 is 1. The molecule has 6 heteroatoms. The van der Waals surface area contributed by atoms with E-state index in [0.29, 0.717) is 16.8 Å². The molecule has 28 heavy (non-hydrogen) atoms. The van der Waals surface area contributed by atoms with Crippen molar-refractivity contribution in [2.24, 2.45) is 0 Å². The van der Waals surface area contributed by atoms with Gasteiger partial charge in [0.25, 0.3) is 5.91 Å². The highest BCUT2D eigenvalue weighted by Crippen LogP contribution is 2.20. The topological polar surface area (TPSA) is 69.0 Å². The first-order chi connectivity index (χ1) is 13.5. The second-order valence-corrected chi connectivity index (χ2v) is 6.66. The van der Waals surface area contributed by atoms with Crippen LogP contribution < -0.4 is 10.1 Å². The second-order valence-electron chi connectivity index (χ2n) is 6.66. The number of benzene rings is 3. The van der Waals surface area contributed by atoms with Crippen molar-refractivity contribution in [2.45, 2.75) is 13.8 Å². The summed E-state index contributed by atoms with van der Waals surface area (Å²) in [6, 6.07) is 18.8. The average Bonchev–Trinajstić information content (AvgIpc) is 3.11. The molecule has 0 aliphatic rings. The Morgan fingerprint density at radius 2 is 1.68 bits per heavy atom. The van der Waals surface area contributed by atoms with Crippen LogP contribution in [0.5, 0.6) is 5.75 Å². The zero-order chi connectivity index (χ0) is 19.7. The van der Waals surface area contributed by atoms with Crippen LogP contribution >= 0.6 is 0 Å². The van der Waals surface area contributed by atoms with E-state index in [1.54, 1.807) is 11.9 Å². The molecule has 0 bridgehead atoms. The van der Waals surface area contributed by atoms with Crippen molar-refractivity contribution < 1.29 is 9.53 Å². The van der Waals surface area contributed by atoms with E-state index in [-0.39, 0.29) is 5.91 Å². The number of carbonyl (C=O) groups is 1. The summed E-state index contributed by atoms with van der Waals surface area (Å²) in [5.74, 6) is 0.635. The lowest BCUT2D eigenvalue weighted by Gasteiger charge is -2.08. The van der Waals surface area contributed by atoms with Crippen molar-refractivity contribution in [1.29, 1.82) is 0 Å². The third-order valence-corrected chi connectivity index (χ3v) is 4.57. The molecule has 0 atom stereocenters. The molecule has 1 aromatic heterocycles. The van der Waals surface area contributed by atoms with Crippen molar-refractivity contribution in [3.05, 3.63) is 77.4 Å². The highest BCUT2D eigenvalue weighted by Gasteiger charge is 2.11. The molecule has 0 radical (unpaired) electrons. The Morgan fingerprint density at radius 3 is 2.39 bits per heavy atom. The molecule has 0 saturated heterocycles. The van der Waals surface area contributed by atoms with E-state index in [1.807, 2.05) is 74.5 Å². The van der Waals surface area contributed by atoms with E-state index >= 15 is 0 Å². The SMILES string of the molecule is COc1ccc(-n2nc3ccc(NC(=O)c4ccc(C)cc4C)cc3n2)cc1. The van der Waals surface area contributed by atoms with E-state index in [1.165, 1.54) is 0 Å². The van der Waals surface area contributed by atoms with Gasteiger partial charge >= 0.3 is 0 Å². The number of anilines is 1. The Morgan fingerprint density at radius 1 is 0.929 bits per heavy atom. The van der Waals surface area contributed by atoms with Gasteiger partial charge in [0.1, 0.15) is 16.8 Å². The molecular weight excluding hydrogens is 352 g/mol. The summed E-state index contributed by atoms with van der Waals surface area (Å²) < 4.78 is 5.18.